The van der Waals surface area contributed by atoms with Crippen LogP contribution in [0, 0.1) is 0 Å². The normalized spacial score (nSPS) is 15.5. The quantitative estimate of drug-likeness (QED) is 0.252. The number of hydrogen-bond acceptors (Lipinski definition) is 5. The van der Waals surface area contributed by atoms with Gasteiger partial charge in [0.15, 0.2) is 0 Å². The standard InChI is InChI=1S/C5H9NO4/c1-2-4(8)10-5(6,9)3-7/h2,7,9H,1,3,6H2. The van der Waals surface area contributed by atoms with Crippen LogP contribution in [0.15, 0.2) is 12.7 Å². The van der Waals surface area contributed by atoms with Crippen LogP contribution >= 0.6 is 0 Å². The Hall–Kier alpha value is -0.910. The summed E-state index contributed by atoms with van der Waals surface area (Å²) in [6, 6.07) is 0. The molecule has 0 spiro atoms. The van der Waals surface area contributed by atoms with E-state index in [1.165, 1.54) is 0 Å². The van der Waals surface area contributed by atoms with Gasteiger partial charge >= 0.3 is 5.97 Å². The van der Waals surface area contributed by atoms with Crippen LogP contribution in [0.5, 0.6) is 0 Å². The van der Waals surface area contributed by atoms with Crippen molar-refractivity contribution in [3.05, 3.63) is 12.7 Å². The molecule has 0 aromatic carbocycles. The lowest BCUT2D eigenvalue weighted by atomic mass is 10.5. The molecule has 0 saturated heterocycles. The van der Waals surface area contributed by atoms with E-state index in [2.05, 4.69) is 11.3 Å². The van der Waals surface area contributed by atoms with Crippen LogP contribution in [0.25, 0.3) is 0 Å². The number of carbonyl (C=O) groups excluding carboxylic acids is 1. The third-order valence-electron chi connectivity index (χ3n) is 0.671. The van der Waals surface area contributed by atoms with Gasteiger partial charge in [-0.2, -0.15) is 0 Å². The maximum Gasteiger partial charge on any atom is 0.333 e. The molecule has 4 N–H and O–H groups in total. The molecule has 0 rings (SSSR count). The van der Waals surface area contributed by atoms with Gasteiger partial charge < -0.3 is 14.9 Å². The summed E-state index contributed by atoms with van der Waals surface area (Å²) in [7, 11) is 0. The van der Waals surface area contributed by atoms with Crippen molar-refractivity contribution < 1.29 is 19.7 Å². The topological polar surface area (TPSA) is 92.8 Å². The Morgan fingerprint density at radius 2 is 2.40 bits per heavy atom. The van der Waals surface area contributed by atoms with E-state index in [1.54, 1.807) is 0 Å². The fourth-order valence-electron chi connectivity index (χ4n) is 0.248. The maximum atomic E-state index is 10.3. The van der Waals surface area contributed by atoms with Gasteiger partial charge in [-0.3, -0.25) is 5.73 Å². The van der Waals surface area contributed by atoms with Crippen LogP contribution in [0.1, 0.15) is 0 Å². The number of ether oxygens (including phenoxy) is 1. The molecule has 58 valence electrons. The highest BCUT2D eigenvalue weighted by atomic mass is 16.7. The van der Waals surface area contributed by atoms with Crippen LogP contribution in [-0.4, -0.2) is 28.7 Å². The lowest BCUT2D eigenvalue weighted by Gasteiger charge is -2.18. The summed E-state index contributed by atoms with van der Waals surface area (Å²) >= 11 is 0. The highest BCUT2D eigenvalue weighted by Crippen LogP contribution is 1.96. The molecule has 0 aromatic rings. The maximum absolute atomic E-state index is 10.3. The molecule has 0 radical (unpaired) electrons. The molecule has 0 bridgehead atoms. The Morgan fingerprint density at radius 1 is 1.90 bits per heavy atom. The van der Waals surface area contributed by atoms with E-state index < -0.39 is 18.5 Å². The first-order valence-electron chi connectivity index (χ1n) is 2.49. The third-order valence-corrected chi connectivity index (χ3v) is 0.671. The third kappa shape index (κ3) is 3.18. The zero-order valence-corrected chi connectivity index (χ0v) is 5.28. The minimum absolute atomic E-state index is 0.827. The molecular formula is C5H9NO4. The summed E-state index contributed by atoms with van der Waals surface area (Å²) in [4.78, 5) is 10.3. The average molecular weight is 147 g/mol. The number of nitrogens with two attached hydrogens (primary N) is 1. The van der Waals surface area contributed by atoms with E-state index >= 15 is 0 Å². The van der Waals surface area contributed by atoms with Gasteiger partial charge in [0.2, 0.25) is 0 Å². The first-order chi connectivity index (χ1) is 4.52. The molecule has 1 atom stereocenters. The predicted molar refractivity (Wildman–Crippen MR) is 32.5 cm³/mol. The van der Waals surface area contributed by atoms with Crippen molar-refractivity contribution in [1.29, 1.82) is 0 Å². The molecule has 5 heteroatoms. The predicted octanol–water partition coefficient (Wildman–Crippen LogP) is -1.69. The molecule has 0 saturated carbocycles. The second kappa shape index (κ2) is 3.31. The Balaban J connectivity index is 3.87. The summed E-state index contributed by atoms with van der Waals surface area (Å²) < 4.78 is 4.06. The first kappa shape index (κ1) is 9.09. The molecule has 0 fully saturated rings. The second-order valence-electron chi connectivity index (χ2n) is 1.63. The van der Waals surface area contributed by atoms with Gasteiger partial charge in [0.05, 0.1) is 0 Å². The summed E-state index contributed by atoms with van der Waals surface area (Å²) in [6.07, 6.45) is 0.827. The summed E-state index contributed by atoms with van der Waals surface area (Å²) in [5, 5.41) is 16.9. The highest BCUT2D eigenvalue weighted by molar-refractivity contribution is 5.81. The van der Waals surface area contributed by atoms with Gasteiger partial charge in [-0.25, -0.2) is 4.79 Å². The van der Waals surface area contributed by atoms with Crippen LogP contribution in [0.3, 0.4) is 0 Å². The summed E-state index contributed by atoms with van der Waals surface area (Å²) in [5.41, 5.74) is 4.81. The monoisotopic (exact) mass is 147 g/mol. The lowest BCUT2D eigenvalue weighted by Crippen LogP contribution is -2.47. The Morgan fingerprint density at radius 3 is 2.70 bits per heavy atom. The first-order valence-corrected chi connectivity index (χ1v) is 2.49. The van der Waals surface area contributed by atoms with Gasteiger partial charge in [-0.15, -0.1) is 0 Å². The number of aliphatic hydroxyl groups excluding tert-OH is 1. The Bertz CT molecular complexity index is 143. The van der Waals surface area contributed by atoms with Crippen molar-refractivity contribution in [2.45, 2.75) is 5.91 Å². The van der Waals surface area contributed by atoms with E-state index in [0.29, 0.717) is 0 Å². The van der Waals surface area contributed by atoms with E-state index in [9.17, 15) is 4.79 Å². The molecule has 0 amide bonds. The van der Waals surface area contributed by atoms with Crippen LogP contribution in [0.4, 0.5) is 0 Å². The van der Waals surface area contributed by atoms with Crippen molar-refractivity contribution in [2.24, 2.45) is 5.73 Å². The molecular weight excluding hydrogens is 138 g/mol. The molecule has 0 aliphatic rings. The zero-order valence-electron chi connectivity index (χ0n) is 5.28. The molecule has 5 nitrogen and oxygen atoms in total. The number of aliphatic hydroxyl groups is 2. The minimum Gasteiger partial charge on any atom is -0.414 e. The van der Waals surface area contributed by atoms with Crippen LogP contribution < -0.4 is 5.73 Å². The summed E-state index contributed by atoms with van der Waals surface area (Å²) in [5.74, 6) is -3.19. The van der Waals surface area contributed by atoms with E-state index in [0.717, 1.165) is 6.08 Å². The van der Waals surface area contributed by atoms with Gasteiger partial charge in [-0.1, -0.05) is 6.58 Å². The van der Waals surface area contributed by atoms with Crippen molar-refractivity contribution in [3.8, 4) is 0 Å². The Kier molecular flexibility index (Phi) is 3.01. The van der Waals surface area contributed by atoms with Gasteiger partial charge in [0.1, 0.15) is 6.61 Å². The number of esters is 1. The second-order valence-corrected chi connectivity index (χ2v) is 1.63. The van der Waals surface area contributed by atoms with Crippen molar-refractivity contribution >= 4 is 5.97 Å². The van der Waals surface area contributed by atoms with Crippen LogP contribution in [-0.2, 0) is 9.53 Å². The highest BCUT2D eigenvalue weighted by Gasteiger charge is 2.23. The minimum atomic E-state index is -2.30. The molecule has 1 unspecified atom stereocenters. The average Bonchev–Trinajstić information content (AvgIpc) is 1.87. The molecule has 0 aromatic heterocycles. The molecule has 10 heavy (non-hydrogen) atoms. The summed E-state index contributed by atoms with van der Waals surface area (Å²) in [6.45, 7) is 2.20. The molecule has 0 aliphatic heterocycles. The Labute approximate surface area is 57.7 Å². The zero-order chi connectivity index (χ0) is 8.20. The smallest absolute Gasteiger partial charge is 0.333 e. The van der Waals surface area contributed by atoms with E-state index in [-0.39, 0.29) is 0 Å². The van der Waals surface area contributed by atoms with Crippen molar-refractivity contribution in [3.63, 3.8) is 0 Å². The van der Waals surface area contributed by atoms with Gasteiger partial charge in [0.25, 0.3) is 5.91 Å². The van der Waals surface area contributed by atoms with E-state index in [1.807, 2.05) is 0 Å². The van der Waals surface area contributed by atoms with E-state index in [4.69, 9.17) is 15.9 Å². The van der Waals surface area contributed by atoms with Gasteiger partial charge in [-0.05, 0) is 0 Å². The SMILES string of the molecule is C=CC(=O)OC(N)(O)CO. The lowest BCUT2D eigenvalue weighted by molar-refractivity contribution is -0.215. The number of carbonyl (C=O) groups is 1. The van der Waals surface area contributed by atoms with Gasteiger partial charge in [0, 0.05) is 6.08 Å². The van der Waals surface area contributed by atoms with Crippen molar-refractivity contribution in [2.75, 3.05) is 6.61 Å². The van der Waals surface area contributed by atoms with Crippen molar-refractivity contribution in [1.82, 2.24) is 0 Å². The molecule has 0 aliphatic carbocycles. The molecule has 0 heterocycles. The largest absolute Gasteiger partial charge is 0.414 e. The fraction of sp³-hybridized carbons (Fsp3) is 0.400. The van der Waals surface area contributed by atoms with Crippen LogP contribution in [0.2, 0.25) is 0 Å². The number of hydrogen-bond donors (Lipinski definition) is 3. The fourth-order valence-corrected chi connectivity index (χ4v) is 0.248. The number of rotatable bonds is 3.